The van der Waals surface area contributed by atoms with Crippen LogP contribution in [-0.4, -0.2) is 18.0 Å². The van der Waals surface area contributed by atoms with E-state index in [4.69, 9.17) is 14.1 Å². The lowest BCUT2D eigenvalue weighted by Gasteiger charge is -2.20. The Morgan fingerprint density at radius 2 is 1.90 bits per heavy atom. The number of aromatic nitrogens is 1. The van der Waals surface area contributed by atoms with Crippen molar-refractivity contribution in [3.63, 3.8) is 0 Å². The van der Waals surface area contributed by atoms with Crippen LogP contribution >= 0.6 is 11.3 Å². The Morgan fingerprint density at radius 3 is 2.63 bits per heavy atom. The first-order valence-corrected chi connectivity index (χ1v) is 10.2. The SMILES string of the molecule is COc1ccccc1N(C(=O)/C=C/c1ccco1)c1nc(-c2ccc(C)cc2)cs1. The third-order valence-corrected chi connectivity index (χ3v) is 5.34. The van der Waals surface area contributed by atoms with E-state index in [9.17, 15) is 4.79 Å². The lowest BCUT2D eigenvalue weighted by atomic mass is 10.1. The second-order valence-electron chi connectivity index (χ2n) is 6.58. The molecule has 0 fully saturated rings. The average molecular weight is 417 g/mol. The zero-order chi connectivity index (χ0) is 20.9. The van der Waals surface area contributed by atoms with Crippen LogP contribution in [0.3, 0.4) is 0 Å². The van der Waals surface area contributed by atoms with Gasteiger partial charge in [-0.05, 0) is 37.3 Å². The molecular formula is C24H20N2O3S. The lowest BCUT2D eigenvalue weighted by Crippen LogP contribution is -2.24. The molecule has 0 aliphatic heterocycles. The molecule has 0 unspecified atom stereocenters. The van der Waals surface area contributed by atoms with Crippen molar-refractivity contribution >= 4 is 34.1 Å². The molecule has 0 saturated heterocycles. The molecule has 0 atom stereocenters. The summed E-state index contributed by atoms with van der Waals surface area (Å²) in [6.07, 6.45) is 4.67. The number of benzene rings is 2. The summed E-state index contributed by atoms with van der Waals surface area (Å²) in [5.74, 6) is 0.938. The number of ether oxygens (including phenoxy) is 1. The van der Waals surface area contributed by atoms with E-state index in [2.05, 4.69) is 0 Å². The quantitative estimate of drug-likeness (QED) is 0.357. The van der Waals surface area contributed by atoms with E-state index >= 15 is 0 Å². The molecule has 0 spiro atoms. The monoisotopic (exact) mass is 416 g/mol. The van der Waals surface area contributed by atoms with Gasteiger partial charge in [0.25, 0.3) is 5.91 Å². The highest BCUT2D eigenvalue weighted by Crippen LogP contribution is 2.37. The molecule has 0 aliphatic rings. The minimum absolute atomic E-state index is 0.249. The Hall–Kier alpha value is -3.64. The number of thiazole rings is 1. The van der Waals surface area contributed by atoms with Crippen molar-refractivity contribution in [1.82, 2.24) is 4.98 Å². The fraction of sp³-hybridized carbons (Fsp3) is 0.0833. The number of carbonyl (C=O) groups is 1. The third kappa shape index (κ3) is 4.18. The first-order chi connectivity index (χ1) is 14.7. The van der Waals surface area contributed by atoms with Crippen molar-refractivity contribution in [2.75, 3.05) is 12.0 Å². The number of aryl methyl sites for hydroxylation is 1. The number of anilines is 2. The second-order valence-corrected chi connectivity index (χ2v) is 7.41. The molecule has 0 N–H and O–H groups in total. The van der Waals surface area contributed by atoms with Crippen LogP contribution in [0.4, 0.5) is 10.8 Å². The molecule has 0 aliphatic carbocycles. The molecule has 5 nitrogen and oxygen atoms in total. The zero-order valence-electron chi connectivity index (χ0n) is 16.6. The van der Waals surface area contributed by atoms with Gasteiger partial charge in [0.2, 0.25) is 0 Å². The molecule has 150 valence electrons. The molecule has 1 amide bonds. The second kappa shape index (κ2) is 8.80. The van der Waals surface area contributed by atoms with Gasteiger partial charge in [-0.3, -0.25) is 4.79 Å². The first-order valence-electron chi connectivity index (χ1n) is 9.37. The predicted octanol–water partition coefficient (Wildman–Crippen LogP) is 6.10. The molecule has 0 radical (unpaired) electrons. The van der Waals surface area contributed by atoms with E-state index < -0.39 is 0 Å². The molecule has 2 heterocycles. The maximum atomic E-state index is 13.2. The summed E-state index contributed by atoms with van der Waals surface area (Å²) in [4.78, 5) is 19.5. The third-order valence-electron chi connectivity index (χ3n) is 4.51. The van der Waals surface area contributed by atoms with Gasteiger partial charge < -0.3 is 9.15 Å². The van der Waals surface area contributed by atoms with E-state index in [1.165, 1.54) is 23.0 Å². The highest BCUT2D eigenvalue weighted by Gasteiger charge is 2.23. The van der Waals surface area contributed by atoms with Crippen LogP contribution in [0.25, 0.3) is 17.3 Å². The van der Waals surface area contributed by atoms with Crippen LogP contribution in [0.5, 0.6) is 5.75 Å². The van der Waals surface area contributed by atoms with E-state index in [0.717, 1.165) is 11.3 Å². The number of amides is 1. The highest BCUT2D eigenvalue weighted by molar-refractivity contribution is 7.14. The normalized spacial score (nSPS) is 11.0. The number of carbonyl (C=O) groups excluding carboxylic acids is 1. The zero-order valence-corrected chi connectivity index (χ0v) is 17.4. The first kappa shape index (κ1) is 19.7. The molecule has 6 heteroatoms. The summed E-state index contributed by atoms with van der Waals surface area (Å²) in [5, 5.41) is 2.51. The van der Waals surface area contributed by atoms with Crippen LogP contribution < -0.4 is 9.64 Å². The molecule has 2 aromatic carbocycles. The van der Waals surface area contributed by atoms with Crippen molar-refractivity contribution in [2.45, 2.75) is 6.92 Å². The van der Waals surface area contributed by atoms with E-state index in [-0.39, 0.29) is 5.91 Å². The summed E-state index contributed by atoms with van der Waals surface area (Å²) >= 11 is 1.40. The predicted molar refractivity (Wildman–Crippen MR) is 120 cm³/mol. The standard InChI is InChI=1S/C24H20N2O3S/c1-17-9-11-18(12-10-17)20-16-30-24(25-20)26(21-7-3-4-8-22(21)28-2)23(27)14-13-19-6-5-15-29-19/h3-16H,1-2H3/b14-13+. The number of para-hydroxylation sites is 2. The fourth-order valence-electron chi connectivity index (χ4n) is 2.97. The van der Waals surface area contributed by atoms with Gasteiger partial charge in [0.1, 0.15) is 11.5 Å². The van der Waals surface area contributed by atoms with Crippen molar-refractivity contribution in [3.8, 4) is 17.0 Å². The van der Waals surface area contributed by atoms with Crippen LogP contribution in [0.15, 0.2) is 82.8 Å². The summed E-state index contributed by atoms with van der Waals surface area (Å²) < 4.78 is 10.8. The van der Waals surface area contributed by atoms with E-state index in [0.29, 0.717) is 22.3 Å². The molecule has 4 aromatic rings. The molecule has 0 bridgehead atoms. The summed E-state index contributed by atoms with van der Waals surface area (Å²) in [7, 11) is 1.58. The van der Waals surface area contributed by atoms with Gasteiger partial charge in [-0.2, -0.15) is 0 Å². The van der Waals surface area contributed by atoms with Crippen LogP contribution in [0.1, 0.15) is 11.3 Å². The van der Waals surface area contributed by atoms with Crippen molar-refractivity contribution < 1.29 is 13.9 Å². The summed E-state index contributed by atoms with van der Waals surface area (Å²) in [6, 6.07) is 19.1. The van der Waals surface area contributed by atoms with E-state index in [1.54, 1.807) is 36.5 Å². The Balaban J connectivity index is 1.74. The molecule has 0 saturated carbocycles. The number of nitrogens with zero attached hydrogens (tertiary/aromatic N) is 2. The largest absolute Gasteiger partial charge is 0.495 e. The van der Waals surface area contributed by atoms with Gasteiger partial charge in [-0.25, -0.2) is 9.88 Å². The summed E-state index contributed by atoms with van der Waals surface area (Å²) in [6.45, 7) is 2.05. The number of methoxy groups -OCH3 is 1. The highest BCUT2D eigenvalue weighted by atomic mass is 32.1. The Kier molecular flexibility index (Phi) is 5.77. The van der Waals surface area contributed by atoms with Gasteiger partial charge in [0.15, 0.2) is 5.13 Å². The van der Waals surface area contributed by atoms with Crippen LogP contribution in [0.2, 0.25) is 0 Å². The number of hydrogen-bond acceptors (Lipinski definition) is 5. The topological polar surface area (TPSA) is 55.6 Å². The van der Waals surface area contributed by atoms with Crippen LogP contribution in [0, 0.1) is 6.92 Å². The maximum Gasteiger partial charge on any atom is 0.257 e. The number of rotatable bonds is 6. The maximum absolute atomic E-state index is 13.2. The van der Waals surface area contributed by atoms with Gasteiger partial charge in [-0.1, -0.05) is 42.0 Å². The minimum atomic E-state index is -0.249. The van der Waals surface area contributed by atoms with Crippen molar-refractivity contribution in [1.29, 1.82) is 0 Å². The average Bonchev–Trinajstić information content (AvgIpc) is 3.46. The van der Waals surface area contributed by atoms with Crippen molar-refractivity contribution in [3.05, 3.63) is 89.7 Å². The smallest absolute Gasteiger partial charge is 0.257 e. The van der Waals surface area contributed by atoms with Gasteiger partial charge >= 0.3 is 0 Å². The minimum Gasteiger partial charge on any atom is -0.495 e. The number of furan rings is 1. The fourth-order valence-corrected chi connectivity index (χ4v) is 3.82. The Labute approximate surface area is 178 Å². The molecule has 30 heavy (non-hydrogen) atoms. The molecule has 4 rings (SSSR count). The van der Waals surface area contributed by atoms with Crippen LogP contribution in [-0.2, 0) is 4.79 Å². The lowest BCUT2D eigenvalue weighted by molar-refractivity contribution is -0.113. The van der Waals surface area contributed by atoms with Gasteiger partial charge in [0, 0.05) is 17.0 Å². The molecular weight excluding hydrogens is 396 g/mol. The van der Waals surface area contributed by atoms with Gasteiger partial charge in [-0.15, -0.1) is 11.3 Å². The Morgan fingerprint density at radius 1 is 1.10 bits per heavy atom. The Bertz CT molecular complexity index is 1160. The molecule has 2 aromatic heterocycles. The van der Waals surface area contributed by atoms with Crippen molar-refractivity contribution in [2.24, 2.45) is 0 Å². The van der Waals surface area contributed by atoms with E-state index in [1.807, 2.05) is 60.8 Å². The van der Waals surface area contributed by atoms with Gasteiger partial charge in [0.05, 0.1) is 24.8 Å². The summed E-state index contributed by atoms with van der Waals surface area (Å²) in [5.41, 5.74) is 3.63. The number of hydrogen-bond donors (Lipinski definition) is 0.